The third-order valence-corrected chi connectivity index (χ3v) is 4.17. The smallest absolute Gasteiger partial charge is 0.323 e. The molecule has 1 saturated heterocycles. The van der Waals surface area contributed by atoms with Gasteiger partial charge in [-0.3, -0.25) is 4.79 Å². The third-order valence-electron chi connectivity index (χ3n) is 4.17. The second kappa shape index (κ2) is 9.15. The second-order valence-corrected chi connectivity index (χ2v) is 6.98. The summed E-state index contributed by atoms with van der Waals surface area (Å²) >= 11 is 0. The van der Waals surface area contributed by atoms with Gasteiger partial charge in [0.1, 0.15) is 23.7 Å². The third kappa shape index (κ3) is 5.97. The van der Waals surface area contributed by atoms with Crippen LogP contribution in [0.3, 0.4) is 0 Å². The summed E-state index contributed by atoms with van der Waals surface area (Å²) in [6.07, 6.45) is 0.761. The van der Waals surface area contributed by atoms with Crippen molar-refractivity contribution in [3.05, 3.63) is 30.1 Å². The maximum atomic E-state index is 13.1. The zero-order valence-corrected chi connectivity index (χ0v) is 15.1. The van der Waals surface area contributed by atoms with Gasteiger partial charge in [-0.15, -0.1) is 0 Å². The van der Waals surface area contributed by atoms with Crippen molar-refractivity contribution in [2.45, 2.75) is 64.4 Å². The minimum absolute atomic E-state index is 0.236. The van der Waals surface area contributed by atoms with E-state index in [1.165, 1.54) is 12.1 Å². The van der Waals surface area contributed by atoms with E-state index in [1.54, 1.807) is 19.1 Å². The van der Waals surface area contributed by atoms with E-state index in [0.717, 1.165) is 6.42 Å². The fourth-order valence-corrected chi connectivity index (χ4v) is 2.80. The highest BCUT2D eigenvalue weighted by molar-refractivity contribution is 5.75. The second-order valence-electron chi connectivity index (χ2n) is 6.98. The SMILES string of the molecule is CC(C)CO[C@H]1CCC[C@H](N)C(=O)O[C@@H](C)[C@@H]1Oc1ccc(F)cc1. The van der Waals surface area contributed by atoms with Crippen LogP contribution in [0.15, 0.2) is 24.3 Å². The van der Waals surface area contributed by atoms with Crippen molar-refractivity contribution in [3.8, 4) is 5.75 Å². The van der Waals surface area contributed by atoms with Gasteiger partial charge in [0.2, 0.25) is 0 Å². The highest BCUT2D eigenvalue weighted by Crippen LogP contribution is 2.24. The number of hydrogen-bond acceptors (Lipinski definition) is 5. The normalized spacial score (nSPS) is 28.0. The summed E-state index contributed by atoms with van der Waals surface area (Å²) in [7, 11) is 0. The summed E-state index contributed by atoms with van der Waals surface area (Å²) in [5.41, 5.74) is 5.86. The highest BCUT2D eigenvalue weighted by Gasteiger charge is 2.35. The van der Waals surface area contributed by atoms with Gasteiger partial charge >= 0.3 is 5.97 Å². The Morgan fingerprint density at radius 1 is 1.28 bits per heavy atom. The topological polar surface area (TPSA) is 70.8 Å². The number of halogens is 1. The van der Waals surface area contributed by atoms with Gasteiger partial charge in [0, 0.05) is 6.61 Å². The van der Waals surface area contributed by atoms with Crippen LogP contribution in [0.1, 0.15) is 40.0 Å². The number of benzene rings is 1. The number of rotatable bonds is 5. The first-order valence-electron chi connectivity index (χ1n) is 8.86. The molecule has 0 bridgehead atoms. The van der Waals surface area contributed by atoms with E-state index < -0.39 is 24.2 Å². The van der Waals surface area contributed by atoms with Gasteiger partial charge in [-0.1, -0.05) is 13.8 Å². The van der Waals surface area contributed by atoms with E-state index in [0.29, 0.717) is 31.1 Å². The van der Waals surface area contributed by atoms with Crippen LogP contribution in [0.2, 0.25) is 0 Å². The van der Waals surface area contributed by atoms with E-state index in [-0.39, 0.29) is 11.9 Å². The monoisotopic (exact) mass is 353 g/mol. The molecule has 1 aromatic carbocycles. The molecule has 0 spiro atoms. The summed E-state index contributed by atoms with van der Waals surface area (Å²) in [4.78, 5) is 12.1. The number of hydrogen-bond donors (Lipinski definition) is 1. The van der Waals surface area contributed by atoms with Crippen molar-refractivity contribution in [3.63, 3.8) is 0 Å². The fraction of sp³-hybridized carbons (Fsp3) is 0.632. The predicted octanol–water partition coefficient (Wildman–Crippen LogP) is 3.06. The van der Waals surface area contributed by atoms with Crippen LogP contribution >= 0.6 is 0 Å². The molecule has 1 fully saturated rings. The molecule has 4 atom stereocenters. The van der Waals surface area contributed by atoms with Gasteiger partial charge in [-0.2, -0.15) is 0 Å². The predicted molar refractivity (Wildman–Crippen MR) is 92.8 cm³/mol. The molecule has 140 valence electrons. The maximum Gasteiger partial charge on any atom is 0.323 e. The largest absolute Gasteiger partial charge is 0.484 e. The molecule has 0 unspecified atom stereocenters. The molecule has 0 radical (unpaired) electrons. The Balaban J connectivity index is 2.20. The molecule has 0 amide bonds. The van der Waals surface area contributed by atoms with Crippen LogP contribution in [-0.2, 0) is 14.3 Å². The van der Waals surface area contributed by atoms with Crippen LogP contribution < -0.4 is 10.5 Å². The molecule has 0 aromatic heterocycles. The van der Waals surface area contributed by atoms with Gasteiger partial charge in [0.25, 0.3) is 0 Å². The molecule has 1 heterocycles. The molecule has 2 N–H and O–H groups in total. The number of esters is 1. The van der Waals surface area contributed by atoms with Crippen molar-refractivity contribution in [1.82, 2.24) is 0 Å². The standard InChI is InChI=1S/C19H28FNO4/c1-12(2)11-23-17-6-4-5-16(21)19(22)24-13(3)18(17)25-15-9-7-14(20)8-10-15/h7-10,12-13,16-18H,4-6,11,21H2,1-3H3/t13-,16-,17-,18-/m0/s1. The molecule has 5 nitrogen and oxygen atoms in total. The van der Waals surface area contributed by atoms with Crippen molar-refractivity contribution in [1.29, 1.82) is 0 Å². The lowest BCUT2D eigenvalue weighted by Gasteiger charge is -2.32. The lowest BCUT2D eigenvalue weighted by molar-refractivity contribution is -0.159. The summed E-state index contributed by atoms with van der Waals surface area (Å²) in [5, 5.41) is 0. The van der Waals surface area contributed by atoms with Crippen molar-refractivity contribution in [2.75, 3.05) is 6.61 Å². The Bertz CT molecular complexity index is 549. The number of cyclic esters (lactones) is 1. The van der Waals surface area contributed by atoms with Gasteiger partial charge in [-0.05, 0) is 56.4 Å². The molecule has 0 saturated carbocycles. The zero-order valence-electron chi connectivity index (χ0n) is 15.1. The van der Waals surface area contributed by atoms with E-state index in [1.807, 2.05) is 0 Å². The maximum absolute atomic E-state index is 13.1. The van der Waals surface area contributed by atoms with Crippen LogP contribution in [-0.4, -0.2) is 36.9 Å². The lowest BCUT2D eigenvalue weighted by Crippen LogP contribution is -2.45. The first kappa shape index (κ1) is 19.7. The van der Waals surface area contributed by atoms with Crippen molar-refractivity contribution < 1.29 is 23.4 Å². The number of carbonyl (C=O) groups is 1. The first-order valence-corrected chi connectivity index (χ1v) is 8.86. The first-order chi connectivity index (χ1) is 11.9. The Hall–Kier alpha value is -1.66. The zero-order chi connectivity index (χ0) is 18.4. The molecule has 2 rings (SSSR count). The Morgan fingerprint density at radius 3 is 2.60 bits per heavy atom. The lowest BCUT2D eigenvalue weighted by atomic mass is 10.0. The summed E-state index contributed by atoms with van der Waals surface area (Å²) in [6, 6.07) is 5.16. The van der Waals surface area contributed by atoms with Crippen LogP contribution in [0.5, 0.6) is 5.75 Å². The summed E-state index contributed by atoms with van der Waals surface area (Å²) in [6.45, 7) is 6.51. The number of nitrogens with two attached hydrogens (primary N) is 1. The summed E-state index contributed by atoms with van der Waals surface area (Å²) < 4.78 is 30.7. The van der Waals surface area contributed by atoms with E-state index in [2.05, 4.69) is 13.8 Å². The van der Waals surface area contributed by atoms with Crippen molar-refractivity contribution >= 4 is 5.97 Å². The average Bonchev–Trinajstić information content (AvgIpc) is 2.60. The molecule has 1 aromatic rings. The molecule has 6 heteroatoms. The highest BCUT2D eigenvalue weighted by atomic mass is 19.1. The minimum Gasteiger partial charge on any atom is -0.484 e. The van der Waals surface area contributed by atoms with Gasteiger partial charge in [0.15, 0.2) is 6.10 Å². The van der Waals surface area contributed by atoms with Crippen molar-refractivity contribution in [2.24, 2.45) is 11.7 Å². The Kier molecular flexibility index (Phi) is 7.20. The molecule has 1 aliphatic rings. The van der Waals surface area contributed by atoms with Crippen LogP contribution in [0, 0.1) is 11.7 Å². The van der Waals surface area contributed by atoms with Gasteiger partial charge in [-0.25, -0.2) is 4.39 Å². The number of carbonyl (C=O) groups excluding carboxylic acids is 1. The fourth-order valence-electron chi connectivity index (χ4n) is 2.80. The molecule has 25 heavy (non-hydrogen) atoms. The molecule has 1 aliphatic heterocycles. The Labute approximate surface area is 148 Å². The van der Waals surface area contributed by atoms with E-state index >= 15 is 0 Å². The summed E-state index contributed by atoms with van der Waals surface area (Å²) in [5.74, 6) is 0.125. The molecular formula is C19H28FNO4. The molecule has 0 aliphatic carbocycles. The quantitative estimate of drug-likeness (QED) is 0.824. The van der Waals surface area contributed by atoms with E-state index in [4.69, 9.17) is 19.9 Å². The number of ether oxygens (including phenoxy) is 3. The van der Waals surface area contributed by atoms with Crippen LogP contribution in [0.25, 0.3) is 0 Å². The van der Waals surface area contributed by atoms with Crippen LogP contribution in [0.4, 0.5) is 4.39 Å². The minimum atomic E-state index is -0.627. The Morgan fingerprint density at radius 2 is 1.96 bits per heavy atom. The molecular weight excluding hydrogens is 325 g/mol. The van der Waals surface area contributed by atoms with E-state index in [9.17, 15) is 9.18 Å². The average molecular weight is 353 g/mol. The van der Waals surface area contributed by atoms with Gasteiger partial charge in [0.05, 0.1) is 6.10 Å². The van der Waals surface area contributed by atoms with Gasteiger partial charge < -0.3 is 19.9 Å².